The minimum absolute atomic E-state index is 0.00576. The zero-order chi connectivity index (χ0) is 36.1. The molecule has 50 heavy (non-hydrogen) atoms. The number of esters is 4. The quantitative estimate of drug-likeness (QED) is 0.0347. The first kappa shape index (κ1) is 38.9. The Morgan fingerprint density at radius 2 is 1.24 bits per heavy atom. The third kappa shape index (κ3) is 13.5. The van der Waals surface area contributed by atoms with Crippen LogP contribution in [0.4, 0.5) is 0 Å². The third-order valence-corrected chi connectivity index (χ3v) is 7.50. The molecule has 0 unspecified atom stereocenters. The van der Waals surface area contributed by atoms with Crippen LogP contribution in [-0.4, -0.2) is 56.3 Å². The van der Waals surface area contributed by atoms with Gasteiger partial charge in [-0.1, -0.05) is 25.5 Å². The smallest absolute Gasteiger partial charge is 0.343 e. The molecule has 0 heterocycles. The highest BCUT2D eigenvalue weighted by Gasteiger charge is 2.16. The molecule has 0 atom stereocenters. The molecule has 3 aromatic carbocycles. The molecular weight excluding hydrogens is 644 g/mol. The summed E-state index contributed by atoms with van der Waals surface area (Å²) in [5.41, 5.74) is 1.69. The third-order valence-electron chi connectivity index (χ3n) is 7.50. The van der Waals surface area contributed by atoms with Crippen molar-refractivity contribution in [1.29, 1.82) is 0 Å². The number of aryl methyl sites for hydroxylation is 1. The van der Waals surface area contributed by atoms with Gasteiger partial charge in [-0.3, -0.25) is 14.4 Å². The lowest BCUT2D eigenvalue weighted by molar-refractivity contribution is -0.138. The number of benzene rings is 3. The highest BCUT2D eigenvalue weighted by Crippen LogP contribution is 2.22. The van der Waals surface area contributed by atoms with Crippen molar-refractivity contribution in [2.45, 2.75) is 64.7 Å². The molecule has 11 nitrogen and oxygen atoms in total. The van der Waals surface area contributed by atoms with E-state index in [9.17, 15) is 28.8 Å². The molecular formula is C39H42O11. The van der Waals surface area contributed by atoms with E-state index in [2.05, 4.69) is 6.58 Å². The van der Waals surface area contributed by atoms with Crippen LogP contribution < -0.4 is 14.2 Å². The molecule has 0 spiro atoms. The van der Waals surface area contributed by atoms with E-state index >= 15 is 0 Å². The Bertz CT molecular complexity index is 1630. The monoisotopic (exact) mass is 686 g/mol. The fourth-order valence-electron chi connectivity index (χ4n) is 4.65. The van der Waals surface area contributed by atoms with Gasteiger partial charge in [0.25, 0.3) is 0 Å². The van der Waals surface area contributed by atoms with E-state index in [1.165, 1.54) is 24.3 Å². The van der Waals surface area contributed by atoms with Crippen LogP contribution in [0.25, 0.3) is 0 Å². The number of hydrogen-bond acceptors (Lipinski definition) is 11. The standard InChI is InChI=1S/C39H42O11/c1-3-36(42)47-22-10-7-6-9-21-46-33-18-14-29(15-19-33)39(45)50-35-20-16-30(24-32(35)27-41)38(44)48-23-11-5-4-8-12-37(43)49-34-17-13-28(2)31(25-34)26-40/h3,13-20,24-27H,1,4-12,21-23H2,2H3. The molecule has 0 aliphatic rings. The minimum Gasteiger partial charge on any atom is -0.494 e. The molecule has 0 bridgehead atoms. The maximum Gasteiger partial charge on any atom is 0.343 e. The van der Waals surface area contributed by atoms with E-state index in [-0.39, 0.29) is 41.4 Å². The predicted octanol–water partition coefficient (Wildman–Crippen LogP) is 7.22. The highest BCUT2D eigenvalue weighted by atomic mass is 16.5. The Kier molecular flexibility index (Phi) is 16.6. The van der Waals surface area contributed by atoms with E-state index in [4.69, 9.17) is 23.7 Å². The number of rotatable bonds is 22. The largest absolute Gasteiger partial charge is 0.494 e. The second-order valence-corrected chi connectivity index (χ2v) is 11.3. The fraction of sp³-hybridized carbons (Fsp3) is 0.333. The highest BCUT2D eigenvalue weighted by molar-refractivity contribution is 5.95. The Morgan fingerprint density at radius 3 is 1.92 bits per heavy atom. The summed E-state index contributed by atoms with van der Waals surface area (Å²) in [6.07, 6.45) is 8.59. The Labute approximate surface area is 291 Å². The van der Waals surface area contributed by atoms with Crippen molar-refractivity contribution in [2.24, 2.45) is 0 Å². The Balaban J connectivity index is 1.33. The van der Waals surface area contributed by atoms with E-state index in [0.29, 0.717) is 49.4 Å². The van der Waals surface area contributed by atoms with Crippen LogP contribution in [0.2, 0.25) is 0 Å². The number of aldehydes is 2. The first-order valence-electron chi connectivity index (χ1n) is 16.5. The lowest BCUT2D eigenvalue weighted by Crippen LogP contribution is -2.11. The maximum atomic E-state index is 12.7. The molecule has 0 fully saturated rings. The molecule has 0 aromatic heterocycles. The second kappa shape index (κ2) is 21.4. The van der Waals surface area contributed by atoms with E-state index < -0.39 is 17.9 Å². The van der Waals surface area contributed by atoms with Gasteiger partial charge in [0.2, 0.25) is 0 Å². The summed E-state index contributed by atoms with van der Waals surface area (Å²) < 4.78 is 26.7. The van der Waals surface area contributed by atoms with Gasteiger partial charge < -0.3 is 23.7 Å². The topological polar surface area (TPSA) is 149 Å². The summed E-state index contributed by atoms with van der Waals surface area (Å²) in [5, 5.41) is 0. The maximum absolute atomic E-state index is 12.7. The summed E-state index contributed by atoms with van der Waals surface area (Å²) in [6, 6.07) is 15.4. The van der Waals surface area contributed by atoms with Crippen LogP contribution in [0.15, 0.2) is 73.3 Å². The number of carbonyl (C=O) groups is 6. The Hall–Kier alpha value is -5.58. The Morgan fingerprint density at radius 1 is 0.620 bits per heavy atom. The van der Waals surface area contributed by atoms with Crippen LogP contribution in [-0.2, 0) is 19.1 Å². The normalized spacial score (nSPS) is 10.4. The fourth-order valence-corrected chi connectivity index (χ4v) is 4.65. The molecule has 0 aliphatic carbocycles. The zero-order valence-electron chi connectivity index (χ0n) is 28.2. The predicted molar refractivity (Wildman–Crippen MR) is 184 cm³/mol. The number of hydrogen-bond donors (Lipinski definition) is 0. The first-order chi connectivity index (χ1) is 24.2. The van der Waals surface area contributed by atoms with Crippen molar-refractivity contribution in [3.05, 3.63) is 101 Å². The average molecular weight is 687 g/mol. The summed E-state index contributed by atoms with van der Waals surface area (Å²) >= 11 is 0. The molecule has 0 aliphatic heterocycles. The van der Waals surface area contributed by atoms with Gasteiger partial charge in [0.15, 0.2) is 6.29 Å². The van der Waals surface area contributed by atoms with Crippen molar-refractivity contribution in [3.63, 3.8) is 0 Å². The van der Waals surface area contributed by atoms with Gasteiger partial charge in [-0.15, -0.1) is 0 Å². The van der Waals surface area contributed by atoms with Crippen molar-refractivity contribution in [2.75, 3.05) is 19.8 Å². The zero-order valence-corrected chi connectivity index (χ0v) is 28.2. The molecule has 3 aromatic rings. The molecule has 0 N–H and O–H groups in total. The average Bonchev–Trinajstić information content (AvgIpc) is 3.13. The minimum atomic E-state index is -0.678. The second-order valence-electron chi connectivity index (χ2n) is 11.3. The SMILES string of the molecule is C=CC(=O)OCCCCCCOc1ccc(C(=O)Oc2ccc(C(=O)OCCCCCCC(=O)Oc3ccc(C)c(C=O)c3)cc2C=O)cc1. The first-order valence-corrected chi connectivity index (χ1v) is 16.5. The van der Waals surface area contributed by atoms with Crippen LogP contribution in [0, 0.1) is 6.92 Å². The molecule has 3 rings (SSSR count). The number of ether oxygens (including phenoxy) is 5. The van der Waals surface area contributed by atoms with Crippen molar-refractivity contribution in [1.82, 2.24) is 0 Å². The van der Waals surface area contributed by atoms with Crippen LogP contribution >= 0.6 is 0 Å². The van der Waals surface area contributed by atoms with Crippen molar-refractivity contribution < 1.29 is 52.5 Å². The van der Waals surface area contributed by atoms with Gasteiger partial charge in [0.1, 0.15) is 23.5 Å². The van der Waals surface area contributed by atoms with Gasteiger partial charge in [0, 0.05) is 18.1 Å². The molecule has 0 amide bonds. The molecule has 0 radical (unpaired) electrons. The molecule has 0 saturated heterocycles. The van der Waals surface area contributed by atoms with Gasteiger partial charge in [-0.2, -0.15) is 0 Å². The van der Waals surface area contributed by atoms with E-state index in [1.807, 2.05) is 0 Å². The summed E-state index contributed by atoms with van der Waals surface area (Å²) in [7, 11) is 0. The summed E-state index contributed by atoms with van der Waals surface area (Å²) in [5.74, 6) is -1.18. The summed E-state index contributed by atoms with van der Waals surface area (Å²) in [4.78, 5) is 71.2. The van der Waals surface area contributed by atoms with Crippen molar-refractivity contribution in [3.8, 4) is 17.2 Å². The molecule has 0 saturated carbocycles. The van der Waals surface area contributed by atoms with E-state index in [0.717, 1.165) is 56.5 Å². The van der Waals surface area contributed by atoms with Gasteiger partial charge in [-0.05, 0) is 106 Å². The van der Waals surface area contributed by atoms with Gasteiger partial charge in [-0.25, -0.2) is 14.4 Å². The number of carbonyl (C=O) groups excluding carboxylic acids is 6. The molecule has 264 valence electrons. The number of unbranched alkanes of at least 4 members (excludes halogenated alkanes) is 6. The molecule has 11 heteroatoms. The lowest BCUT2D eigenvalue weighted by Gasteiger charge is -2.10. The van der Waals surface area contributed by atoms with Gasteiger partial charge >= 0.3 is 23.9 Å². The van der Waals surface area contributed by atoms with E-state index in [1.54, 1.807) is 43.3 Å². The summed E-state index contributed by atoms with van der Waals surface area (Å²) in [6.45, 7) is 6.16. The van der Waals surface area contributed by atoms with Crippen LogP contribution in [0.3, 0.4) is 0 Å². The van der Waals surface area contributed by atoms with Crippen LogP contribution in [0.5, 0.6) is 17.2 Å². The van der Waals surface area contributed by atoms with Crippen LogP contribution in [0.1, 0.15) is 105 Å². The van der Waals surface area contributed by atoms with Gasteiger partial charge in [0.05, 0.1) is 36.5 Å². The van der Waals surface area contributed by atoms with Crippen molar-refractivity contribution >= 4 is 36.4 Å². The lowest BCUT2D eigenvalue weighted by atomic mass is 10.1.